The lowest BCUT2D eigenvalue weighted by Crippen LogP contribution is -2.13. The summed E-state index contributed by atoms with van der Waals surface area (Å²) in [5.74, 6) is -0.135. The Labute approximate surface area is 121 Å². The smallest absolute Gasteiger partial charge is 0.145 e. The van der Waals surface area contributed by atoms with Gasteiger partial charge in [-0.1, -0.05) is 11.6 Å². The van der Waals surface area contributed by atoms with Crippen LogP contribution in [0.15, 0.2) is 36.4 Å². The van der Waals surface area contributed by atoms with Gasteiger partial charge in [-0.3, -0.25) is 0 Å². The molecule has 1 atom stereocenters. The van der Waals surface area contributed by atoms with E-state index in [0.717, 1.165) is 0 Å². The number of hydrogen-bond acceptors (Lipinski definition) is 2. The Bertz CT molecular complexity index is 619. The molecule has 0 saturated heterocycles. The van der Waals surface area contributed by atoms with Crippen LogP contribution < -0.4 is 10.1 Å². The Morgan fingerprint density at radius 2 is 1.90 bits per heavy atom. The van der Waals surface area contributed by atoms with Crippen LogP contribution in [0.5, 0.6) is 11.5 Å². The molecular weight excluding hydrogens is 284 g/mol. The van der Waals surface area contributed by atoms with E-state index in [1.54, 1.807) is 13.1 Å². The van der Waals surface area contributed by atoms with E-state index in [1.165, 1.54) is 30.3 Å². The minimum Gasteiger partial charge on any atom is -0.457 e. The van der Waals surface area contributed by atoms with E-state index in [1.807, 2.05) is 6.92 Å². The summed E-state index contributed by atoms with van der Waals surface area (Å²) in [5, 5.41) is 3.04. The van der Waals surface area contributed by atoms with Gasteiger partial charge in [0.25, 0.3) is 0 Å². The van der Waals surface area contributed by atoms with Crippen LogP contribution in [0, 0.1) is 11.6 Å². The number of ether oxygens (including phenoxy) is 1. The van der Waals surface area contributed by atoms with Crippen LogP contribution in [-0.2, 0) is 0 Å². The molecule has 2 rings (SSSR count). The van der Waals surface area contributed by atoms with Crippen molar-refractivity contribution >= 4 is 11.6 Å². The van der Waals surface area contributed by atoms with E-state index in [2.05, 4.69) is 5.32 Å². The fraction of sp³-hybridized carbons (Fsp3) is 0.200. The van der Waals surface area contributed by atoms with Gasteiger partial charge >= 0.3 is 0 Å². The molecule has 0 fully saturated rings. The zero-order valence-electron chi connectivity index (χ0n) is 11.1. The van der Waals surface area contributed by atoms with Crippen molar-refractivity contribution in [1.82, 2.24) is 5.32 Å². The fourth-order valence-corrected chi connectivity index (χ4v) is 1.89. The van der Waals surface area contributed by atoms with Crippen molar-refractivity contribution < 1.29 is 13.5 Å². The first kappa shape index (κ1) is 14.8. The van der Waals surface area contributed by atoms with E-state index in [-0.39, 0.29) is 16.9 Å². The summed E-state index contributed by atoms with van der Waals surface area (Å²) < 4.78 is 32.3. The van der Waals surface area contributed by atoms with Gasteiger partial charge in [-0.05, 0) is 44.3 Å². The standard InChI is InChI=1S/C15H14ClF2NO/c1-9(19-2)12-7-10(17)3-6-15(12)20-11-4-5-13(16)14(18)8-11/h3-9,19H,1-2H3. The number of rotatable bonds is 4. The van der Waals surface area contributed by atoms with Crippen molar-refractivity contribution in [3.63, 3.8) is 0 Å². The van der Waals surface area contributed by atoms with Gasteiger partial charge < -0.3 is 10.1 Å². The molecule has 2 aromatic carbocycles. The third-order valence-electron chi connectivity index (χ3n) is 2.99. The van der Waals surface area contributed by atoms with Crippen molar-refractivity contribution in [2.75, 3.05) is 7.05 Å². The predicted octanol–water partition coefficient (Wildman–Crippen LogP) is 4.69. The normalized spacial score (nSPS) is 12.2. The highest BCUT2D eigenvalue weighted by molar-refractivity contribution is 6.30. The molecule has 0 amide bonds. The first-order valence-corrected chi connectivity index (χ1v) is 6.48. The summed E-state index contributed by atoms with van der Waals surface area (Å²) in [6, 6.07) is 8.28. The second-order valence-electron chi connectivity index (χ2n) is 4.37. The lowest BCUT2D eigenvalue weighted by Gasteiger charge is -2.16. The van der Waals surface area contributed by atoms with Crippen molar-refractivity contribution in [1.29, 1.82) is 0 Å². The molecule has 1 N–H and O–H groups in total. The van der Waals surface area contributed by atoms with E-state index in [9.17, 15) is 8.78 Å². The first-order chi connectivity index (χ1) is 9.51. The Hall–Kier alpha value is -1.65. The zero-order chi connectivity index (χ0) is 14.7. The van der Waals surface area contributed by atoms with Gasteiger partial charge in [-0.25, -0.2) is 8.78 Å². The maximum absolute atomic E-state index is 13.4. The Balaban J connectivity index is 2.35. The lowest BCUT2D eigenvalue weighted by molar-refractivity contribution is 0.459. The van der Waals surface area contributed by atoms with Crippen LogP contribution >= 0.6 is 11.6 Å². The average molecular weight is 298 g/mol. The molecule has 0 aliphatic heterocycles. The Kier molecular flexibility index (Phi) is 4.57. The monoisotopic (exact) mass is 297 g/mol. The number of nitrogens with one attached hydrogen (secondary N) is 1. The zero-order valence-corrected chi connectivity index (χ0v) is 11.8. The quantitative estimate of drug-likeness (QED) is 0.884. The molecule has 0 spiro atoms. The molecule has 2 aromatic rings. The highest BCUT2D eigenvalue weighted by Gasteiger charge is 2.13. The minimum atomic E-state index is -0.561. The summed E-state index contributed by atoms with van der Waals surface area (Å²) in [7, 11) is 1.77. The van der Waals surface area contributed by atoms with Crippen LogP contribution in [0.3, 0.4) is 0 Å². The van der Waals surface area contributed by atoms with E-state index >= 15 is 0 Å². The van der Waals surface area contributed by atoms with Crippen molar-refractivity contribution in [3.05, 3.63) is 58.6 Å². The molecule has 0 aromatic heterocycles. The molecule has 2 nitrogen and oxygen atoms in total. The second kappa shape index (κ2) is 6.20. The molecule has 106 valence electrons. The predicted molar refractivity (Wildman–Crippen MR) is 75.4 cm³/mol. The molecule has 0 radical (unpaired) electrons. The second-order valence-corrected chi connectivity index (χ2v) is 4.78. The van der Waals surface area contributed by atoms with Gasteiger partial charge in [-0.2, -0.15) is 0 Å². The average Bonchev–Trinajstić information content (AvgIpc) is 2.44. The van der Waals surface area contributed by atoms with Gasteiger partial charge in [0.1, 0.15) is 23.1 Å². The molecule has 5 heteroatoms. The molecule has 0 aliphatic carbocycles. The first-order valence-electron chi connectivity index (χ1n) is 6.11. The van der Waals surface area contributed by atoms with Crippen molar-refractivity contribution in [2.24, 2.45) is 0 Å². The number of halogens is 3. The van der Waals surface area contributed by atoms with Crippen LogP contribution in [0.2, 0.25) is 5.02 Å². The SMILES string of the molecule is CNC(C)c1cc(F)ccc1Oc1ccc(Cl)c(F)c1. The van der Waals surface area contributed by atoms with E-state index < -0.39 is 5.82 Å². The number of benzene rings is 2. The summed E-state index contributed by atoms with van der Waals surface area (Å²) in [6.45, 7) is 1.88. The summed E-state index contributed by atoms with van der Waals surface area (Å²) in [5.41, 5.74) is 0.655. The summed E-state index contributed by atoms with van der Waals surface area (Å²) in [4.78, 5) is 0. The van der Waals surface area contributed by atoms with Gasteiger partial charge in [0.15, 0.2) is 0 Å². The van der Waals surface area contributed by atoms with Crippen LogP contribution in [0.1, 0.15) is 18.5 Å². The Morgan fingerprint density at radius 1 is 1.15 bits per heavy atom. The van der Waals surface area contributed by atoms with E-state index in [4.69, 9.17) is 16.3 Å². The van der Waals surface area contributed by atoms with Crippen LogP contribution in [0.25, 0.3) is 0 Å². The maximum Gasteiger partial charge on any atom is 0.145 e. The molecule has 20 heavy (non-hydrogen) atoms. The van der Waals surface area contributed by atoms with Crippen molar-refractivity contribution in [2.45, 2.75) is 13.0 Å². The molecule has 0 bridgehead atoms. The van der Waals surface area contributed by atoms with Crippen molar-refractivity contribution in [3.8, 4) is 11.5 Å². The largest absolute Gasteiger partial charge is 0.457 e. The molecule has 0 aliphatic rings. The third kappa shape index (κ3) is 3.26. The fourth-order valence-electron chi connectivity index (χ4n) is 1.77. The van der Waals surface area contributed by atoms with Gasteiger partial charge in [0, 0.05) is 17.7 Å². The third-order valence-corrected chi connectivity index (χ3v) is 3.30. The highest BCUT2D eigenvalue weighted by Crippen LogP contribution is 2.31. The van der Waals surface area contributed by atoms with E-state index in [0.29, 0.717) is 17.1 Å². The lowest BCUT2D eigenvalue weighted by atomic mass is 10.1. The topological polar surface area (TPSA) is 21.3 Å². The van der Waals surface area contributed by atoms with Gasteiger partial charge in [0.2, 0.25) is 0 Å². The molecule has 1 unspecified atom stereocenters. The maximum atomic E-state index is 13.4. The Morgan fingerprint density at radius 3 is 2.55 bits per heavy atom. The minimum absolute atomic E-state index is 0.0280. The van der Waals surface area contributed by atoms with Crippen LogP contribution in [-0.4, -0.2) is 7.05 Å². The van der Waals surface area contributed by atoms with Gasteiger partial charge in [0.05, 0.1) is 5.02 Å². The summed E-state index contributed by atoms with van der Waals surface area (Å²) >= 11 is 5.62. The summed E-state index contributed by atoms with van der Waals surface area (Å²) in [6.07, 6.45) is 0. The molecular formula is C15H14ClF2NO. The number of hydrogen-bond donors (Lipinski definition) is 1. The van der Waals surface area contributed by atoms with Crippen LogP contribution in [0.4, 0.5) is 8.78 Å². The highest BCUT2D eigenvalue weighted by atomic mass is 35.5. The van der Waals surface area contributed by atoms with Gasteiger partial charge in [-0.15, -0.1) is 0 Å². The molecule has 0 heterocycles. The molecule has 0 saturated carbocycles.